The molecule has 0 bridgehead atoms. The van der Waals surface area contributed by atoms with Gasteiger partial charge in [-0.3, -0.25) is 9.69 Å². The Hall–Kier alpha value is -1.55. The normalized spacial score (nSPS) is 18.4. The van der Waals surface area contributed by atoms with Gasteiger partial charge in [-0.1, -0.05) is 18.2 Å². The van der Waals surface area contributed by atoms with Crippen molar-refractivity contribution in [2.75, 3.05) is 38.2 Å². The smallest absolute Gasteiger partial charge is 0.322 e. The summed E-state index contributed by atoms with van der Waals surface area (Å²) in [6, 6.07) is 10.2. The van der Waals surface area contributed by atoms with Crippen molar-refractivity contribution >= 4 is 11.7 Å². The lowest BCUT2D eigenvalue weighted by atomic mass is 10.2. The van der Waals surface area contributed by atoms with Crippen LogP contribution in [0.2, 0.25) is 0 Å². The molecule has 1 aromatic rings. The maximum atomic E-state index is 11.5. The van der Waals surface area contributed by atoms with E-state index in [9.17, 15) is 4.79 Å². The predicted molar refractivity (Wildman–Crippen MR) is 71.7 cm³/mol. The van der Waals surface area contributed by atoms with Crippen LogP contribution < -0.4 is 4.90 Å². The number of methoxy groups -OCH3 is 1. The van der Waals surface area contributed by atoms with Crippen LogP contribution in [-0.2, 0) is 9.53 Å². The number of carbonyl (C=O) groups is 1. The van der Waals surface area contributed by atoms with Crippen LogP contribution in [0.3, 0.4) is 0 Å². The molecule has 1 aliphatic heterocycles. The lowest BCUT2D eigenvalue weighted by Crippen LogP contribution is -2.52. The highest BCUT2D eigenvalue weighted by Gasteiger charge is 2.25. The summed E-state index contributed by atoms with van der Waals surface area (Å²) in [5, 5.41) is 0. The largest absolute Gasteiger partial charge is 0.468 e. The number of hydrogen-bond donors (Lipinski definition) is 0. The fraction of sp³-hybridized carbons (Fsp3) is 0.500. The molecule has 0 radical (unpaired) electrons. The number of rotatable bonds is 3. The minimum absolute atomic E-state index is 0.145. The molecule has 1 heterocycles. The summed E-state index contributed by atoms with van der Waals surface area (Å²) in [5.74, 6) is -0.150. The molecule has 1 saturated heterocycles. The average Bonchev–Trinajstić information content (AvgIpc) is 2.47. The van der Waals surface area contributed by atoms with E-state index >= 15 is 0 Å². The molecule has 0 aromatic heterocycles. The second kappa shape index (κ2) is 5.87. The number of piperazine rings is 1. The highest BCUT2D eigenvalue weighted by molar-refractivity contribution is 5.75. The van der Waals surface area contributed by atoms with Gasteiger partial charge in [0.2, 0.25) is 0 Å². The molecule has 18 heavy (non-hydrogen) atoms. The monoisotopic (exact) mass is 248 g/mol. The molecule has 1 fully saturated rings. The Kier molecular flexibility index (Phi) is 4.20. The zero-order valence-corrected chi connectivity index (χ0v) is 11.0. The maximum Gasteiger partial charge on any atom is 0.322 e. The van der Waals surface area contributed by atoms with Crippen LogP contribution >= 0.6 is 0 Å². The van der Waals surface area contributed by atoms with E-state index in [1.165, 1.54) is 12.8 Å². The first kappa shape index (κ1) is 12.9. The van der Waals surface area contributed by atoms with Gasteiger partial charge in [0, 0.05) is 31.9 Å². The summed E-state index contributed by atoms with van der Waals surface area (Å²) in [5.41, 5.74) is 1.25. The van der Waals surface area contributed by atoms with Crippen molar-refractivity contribution in [1.82, 2.24) is 4.90 Å². The Labute approximate surface area is 108 Å². The molecule has 1 atom stereocenters. The summed E-state index contributed by atoms with van der Waals surface area (Å²) in [6.07, 6.45) is 0. The van der Waals surface area contributed by atoms with Crippen molar-refractivity contribution in [2.24, 2.45) is 0 Å². The van der Waals surface area contributed by atoms with Gasteiger partial charge >= 0.3 is 5.97 Å². The molecule has 0 N–H and O–H groups in total. The van der Waals surface area contributed by atoms with Crippen LogP contribution in [-0.4, -0.2) is 50.2 Å². The number of carbonyl (C=O) groups excluding carboxylic acids is 1. The van der Waals surface area contributed by atoms with Gasteiger partial charge in [-0.25, -0.2) is 0 Å². The lowest BCUT2D eigenvalue weighted by Gasteiger charge is -2.38. The quantitative estimate of drug-likeness (QED) is 0.756. The topological polar surface area (TPSA) is 32.8 Å². The third kappa shape index (κ3) is 2.82. The number of benzene rings is 1. The molecule has 0 spiro atoms. The number of para-hydroxylation sites is 1. The number of hydrogen-bond acceptors (Lipinski definition) is 4. The molecule has 0 unspecified atom stereocenters. The van der Waals surface area contributed by atoms with Crippen LogP contribution in [0.15, 0.2) is 30.3 Å². The molecular formula is C14H20N2O2. The average molecular weight is 248 g/mol. The fourth-order valence-electron chi connectivity index (χ4n) is 2.33. The van der Waals surface area contributed by atoms with Crippen molar-refractivity contribution in [1.29, 1.82) is 0 Å². The summed E-state index contributed by atoms with van der Waals surface area (Å²) in [6.45, 7) is 5.59. The van der Waals surface area contributed by atoms with Crippen LogP contribution in [0.4, 0.5) is 5.69 Å². The van der Waals surface area contributed by atoms with E-state index in [0.29, 0.717) is 0 Å². The van der Waals surface area contributed by atoms with Crippen LogP contribution in [0.5, 0.6) is 0 Å². The first-order valence-electron chi connectivity index (χ1n) is 6.34. The number of ether oxygens (including phenoxy) is 1. The van der Waals surface area contributed by atoms with Gasteiger partial charge in [0.1, 0.15) is 6.04 Å². The molecule has 4 nitrogen and oxygen atoms in total. The fourth-order valence-corrected chi connectivity index (χ4v) is 2.33. The van der Waals surface area contributed by atoms with Crippen molar-refractivity contribution in [2.45, 2.75) is 13.0 Å². The number of nitrogens with zero attached hydrogens (tertiary/aromatic N) is 2. The first-order chi connectivity index (χ1) is 8.72. The second-order valence-corrected chi connectivity index (χ2v) is 4.56. The molecule has 0 aliphatic carbocycles. The zero-order valence-electron chi connectivity index (χ0n) is 11.0. The second-order valence-electron chi connectivity index (χ2n) is 4.56. The van der Waals surface area contributed by atoms with E-state index in [1.54, 1.807) is 0 Å². The molecule has 0 amide bonds. The molecule has 4 heteroatoms. The maximum absolute atomic E-state index is 11.5. The third-order valence-corrected chi connectivity index (χ3v) is 3.53. The molecule has 1 aromatic carbocycles. The lowest BCUT2D eigenvalue weighted by molar-refractivity contribution is -0.146. The van der Waals surface area contributed by atoms with E-state index in [4.69, 9.17) is 4.74 Å². The summed E-state index contributed by atoms with van der Waals surface area (Å²) >= 11 is 0. The molecular weight excluding hydrogens is 228 g/mol. The van der Waals surface area contributed by atoms with Gasteiger partial charge in [0.25, 0.3) is 0 Å². The molecule has 98 valence electrons. The molecule has 0 saturated carbocycles. The highest BCUT2D eigenvalue weighted by atomic mass is 16.5. The van der Waals surface area contributed by atoms with Crippen LogP contribution in [0.1, 0.15) is 6.92 Å². The zero-order chi connectivity index (χ0) is 13.0. The Balaban J connectivity index is 1.90. The van der Waals surface area contributed by atoms with Crippen molar-refractivity contribution in [3.63, 3.8) is 0 Å². The Bertz CT molecular complexity index is 386. The van der Waals surface area contributed by atoms with Gasteiger partial charge in [-0.05, 0) is 19.1 Å². The third-order valence-electron chi connectivity index (χ3n) is 3.53. The van der Waals surface area contributed by atoms with E-state index in [0.717, 1.165) is 26.2 Å². The Morgan fingerprint density at radius 3 is 2.33 bits per heavy atom. The van der Waals surface area contributed by atoms with E-state index in [-0.39, 0.29) is 12.0 Å². The van der Waals surface area contributed by atoms with Crippen molar-refractivity contribution < 1.29 is 9.53 Å². The van der Waals surface area contributed by atoms with Crippen LogP contribution in [0, 0.1) is 0 Å². The minimum atomic E-state index is -0.150. The SMILES string of the molecule is COC(=O)[C@H](C)N1CCN(c2ccccc2)CC1. The van der Waals surface area contributed by atoms with Gasteiger partial charge in [0.15, 0.2) is 0 Å². The first-order valence-corrected chi connectivity index (χ1v) is 6.34. The Morgan fingerprint density at radius 2 is 1.78 bits per heavy atom. The number of esters is 1. The van der Waals surface area contributed by atoms with Crippen LogP contribution in [0.25, 0.3) is 0 Å². The van der Waals surface area contributed by atoms with E-state index in [1.807, 2.05) is 13.0 Å². The van der Waals surface area contributed by atoms with E-state index < -0.39 is 0 Å². The molecule has 2 rings (SSSR count). The minimum Gasteiger partial charge on any atom is -0.468 e. The van der Waals surface area contributed by atoms with Crippen molar-refractivity contribution in [3.05, 3.63) is 30.3 Å². The predicted octanol–water partition coefficient (Wildman–Crippen LogP) is 1.37. The van der Waals surface area contributed by atoms with Crippen molar-refractivity contribution in [3.8, 4) is 0 Å². The van der Waals surface area contributed by atoms with Gasteiger partial charge < -0.3 is 9.64 Å². The van der Waals surface area contributed by atoms with Gasteiger partial charge in [-0.15, -0.1) is 0 Å². The Morgan fingerprint density at radius 1 is 1.17 bits per heavy atom. The number of anilines is 1. The van der Waals surface area contributed by atoms with Gasteiger partial charge in [-0.2, -0.15) is 0 Å². The summed E-state index contributed by atoms with van der Waals surface area (Å²) in [7, 11) is 1.44. The summed E-state index contributed by atoms with van der Waals surface area (Å²) < 4.78 is 4.78. The standard InChI is InChI=1S/C14H20N2O2/c1-12(14(17)18-2)15-8-10-16(11-9-15)13-6-4-3-5-7-13/h3-7,12H,8-11H2,1-2H3/t12-/m0/s1. The summed E-state index contributed by atoms with van der Waals surface area (Å²) in [4.78, 5) is 16.0. The highest BCUT2D eigenvalue weighted by Crippen LogP contribution is 2.16. The van der Waals surface area contributed by atoms with E-state index in [2.05, 4.69) is 34.1 Å². The van der Waals surface area contributed by atoms with Gasteiger partial charge in [0.05, 0.1) is 7.11 Å². The molecule has 1 aliphatic rings.